The molecule has 0 amide bonds. The lowest BCUT2D eigenvalue weighted by Crippen LogP contribution is -2.28. The van der Waals surface area contributed by atoms with Crippen LogP contribution in [0, 0.1) is 5.92 Å². The van der Waals surface area contributed by atoms with Crippen molar-refractivity contribution < 1.29 is 4.74 Å². The predicted octanol–water partition coefficient (Wildman–Crippen LogP) is 1.63. The number of aryl methyl sites for hydroxylation is 1. The minimum absolute atomic E-state index is 0.102. The molecule has 0 saturated heterocycles. The second-order valence-electron chi connectivity index (χ2n) is 4.90. The molecule has 0 aliphatic carbocycles. The van der Waals surface area contributed by atoms with E-state index in [1.165, 1.54) is 0 Å². The number of rotatable bonds is 8. The fraction of sp³-hybridized carbons (Fsp3) is 0.643. The lowest BCUT2D eigenvalue weighted by Gasteiger charge is -2.10. The number of methoxy groups -OCH3 is 1. The Bertz CT molecular complexity index is 399. The first-order valence-electron chi connectivity index (χ1n) is 6.53. The number of nitrogens with zero attached hydrogens (tertiary/aromatic N) is 1. The van der Waals surface area contributed by atoms with Crippen LogP contribution in [0.25, 0.3) is 0 Å². The molecule has 0 unspecified atom stereocenters. The van der Waals surface area contributed by atoms with Crippen LogP contribution >= 0.6 is 0 Å². The number of hydrogen-bond acceptors (Lipinski definition) is 3. The van der Waals surface area contributed by atoms with E-state index in [0.29, 0.717) is 25.6 Å². The van der Waals surface area contributed by atoms with E-state index in [1.807, 2.05) is 18.3 Å². The zero-order valence-corrected chi connectivity index (χ0v) is 11.6. The van der Waals surface area contributed by atoms with Crippen molar-refractivity contribution >= 4 is 0 Å². The summed E-state index contributed by atoms with van der Waals surface area (Å²) in [5, 5.41) is 3.30. The highest BCUT2D eigenvalue weighted by Gasteiger charge is 2.03. The topological polar surface area (TPSA) is 43.3 Å². The van der Waals surface area contributed by atoms with Gasteiger partial charge in [0, 0.05) is 38.6 Å². The fourth-order valence-electron chi connectivity index (χ4n) is 1.77. The summed E-state index contributed by atoms with van der Waals surface area (Å²) in [5.41, 5.74) is 0.931. The summed E-state index contributed by atoms with van der Waals surface area (Å²) >= 11 is 0. The summed E-state index contributed by atoms with van der Waals surface area (Å²) in [5.74, 6) is 0.595. The van der Waals surface area contributed by atoms with Crippen molar-refractivity contribution in [3.8, 4) is 0 Å². The predicted molar refractivity (Wildman–Crippen MR) is 73.7 cm³/mol. The second kappa shape index (κ2) is 8.06. The monoisotopic (exact) mass is 252 g/mol. The lowest BCUT2D eigenvalue weighted by molar-refractivity contribution is 0.190. The van der Waals surface area contributed by atoms with E-state index >= 15 is 0 Å². The molecule has 4 nitrogen and oxygen atoms in total. The summed E-state index contributed by atoms with van der Waals surface area (Å²) in [4.78, 5) is 12.1. The number of hydrogen-bond donors (Lipinski definition) is 1. The molecular weight excluding hydrogens is 228 g/mol. The lowest BCUT2D eigenvalue weighted by atomic mass is 10.2. The first kappa shape index (κ1) is 14.9. The van der Waals surface area contributed by atoms with Crippen LogP contribution in [0.4, 0.5) is 0 Å². The van der Waals surface area contributed by atoms with E-state index < -0.39 is 0 Å². The summed E-state index contributed by atoms with van der Waals surface area (Å²) in [6, 6.07) is 3.82. The van der Waals surface area contributed by atoms with Crippen molar-refractivity contribution in [1.29, 1.82) is 0 Å². The van der Waals surface area contributed by atoms with Gasteiger partial charge in [0.1, 0.15) is 0 Å². The zero-order chi connectivity index (χ0) is 13.4. The van der Waals surface area contributed by atoms with Crippen molar-refractivity contribution in [1.82, 2.24) is 9.88 Å². The molecule has 1 heterocycles. The third-order valence-electron chi connectivity index (χ3n) is 2.71. The number of aromatic nitrogens is 1. The van der Waals surface area contributed by atoms with E-state index in [0.717, 1.165) is 18.5 Å². The van der Waals surface area contributed by atoms with Crippen molar-refractivity contribution in [3.63, 3.8) is 0 Å². The highest BCUT2D eigenvalue weighted by atomic mass is 16.5. The van der Waals surface area contributed by atoms with Gasteiger partial charge in [-0.3, -0.25) is 4.79 Å². The summed E-state index contributed by atoms with van der Waals surface area (Å²) in [6.07, 6.45) is 2.70. The minimum Gasteiger partial charge on any atom is -0.385 e. The van der Waals surface area contributed by atoms with Crippen LogP contribution in [-0.2, 0) is 17.8 Å². The van der Waals surface area contributed by atoms with Crippen LogP contribution in [0.5, 0.6) is 0 Å². The molecule has 0 aliphatic rings. The molecular formula is C14H24N2O2. The van der Waals surface area contributed by atoms with Gasteiger partial charge in [0.15, 0.2) is 0 Å². The van der Waals surface area contributed by atoms with Gasteiger partial charge in [0.05, 0.1) is 0 Å². The van der Waals surface area contributed by atoms with Crippen molar-refractivity contribution in [3.05, 3.63) is 34.2 Å². The molecule has 0 atom stereocenters. The molecule has 1 aromatic rings. The maximum atomic E-state index is 12.1. The van der Waals surface area contributed by atoms with Crippen LogP contribution in [-0.4, -0.2) is 24.8 Å². The Hall–Kier alpha value is -1.13. The Kier molecular flexibility index (Phi) is 6.68. The first-order chi connectivity index (χ1) is 8.65. The third-order valence-corrected chi connectivity index (χ3v) is 2.71. The van der Waals surface area contributed by atoms with Gasteiger partial charge in [0.25, 0.3) is 5.56 Å². The van der Waals surface area contributed by atoms with Gasteiger partial charge in [0.2, 0.25) is 0 Å². The van der Waals surface area contributed by atoms with Gasteiger partial charge in [-0.1, -0.05) is 19.9 Å². The van der Waals surface area contributed by atoms with Gasteiger partial charge < -0.3 is 14.6 Å². The zero-order valence-electron chi connectivity index (χ0n) is 11.6. The molecule has 0 aromatic carbocycles. The van der Waals surface area contributed by atoms with Crippen LogP contribution in [0.3, 0.4) is 0 Å². The molecule has 0 saturated carbocycles. The molecule has 1 aromatic heterocycles. The molecule has 102 valence electrons. The molecule has 0 fully saturated rings. The maximum absolute atomic E-state index is 12.1. The average molecular weight is 252 g/mol. The smallest absolute Gasteiger partial charge is 0.255 e. The Morgan fingerprint density at radius 1 is 1.44 bits per heavy atom. The largest absolute Gasteiger partial charge is 0.385 e. The number of nitrogens with one attached hydrogen (secondary N) is 1. The van der Waals surface area contributed by atoms with E-state index in [1.54, 1.807) is 11.7 Å². The van der Waals surface area contributed by atoms with E-state index in [4.69, 9.17) is 4.74 Å². The van der Waals surface area contributed by atoms with Crippen LogP contribution in [0.15, 0.2) is 23.1 Å². The van der Waals surface area contributed by atoms with Gasteiger partial charge in [-0.05, 0) is 24.9 Å². The molecule has 0 bridgehead atoms. The summed E-state index contributed by atoms with van der Waals surface area (Å²) < 4.78 is 6.75. The second-order valence-corrected chi connectivity index (χ2v) is 4.90. The number of ether oxygens (including phenoxy) is 1. The van der Waals surface area contributed by atoms with Crippen LogP contribution in [0.2, 0.25) is 0 Å². The van der Waals surface area contributed by atoms with Crippen molar-refractivity contribution in [2.75, 3.05) is 20.3 Å². The fourth-order valence-corrected chi connectivity index (χ4v) is 1.77. The van der Waals surface area contributed by atoms with Gasteiger partial charge >= 0.3 is 0 Å². The van der Waals surface area contributed by atoms with E-state index in [9.17, 15) is 4.79 Å². The Balaban J connectivity index is 2.58. The highest BCUT2D eigenvalue weighted by Crippen LogP contribution is 1.95. The van der Waals surface area contributed by atoms with Crippen LogP contribution < -0.4 is 10.9 Å². The molecule has 0 radical (unpaired) electrons. The normalized spacial score (nSPS) is 11.1. The van der Waals surface area contributed by atoms with Crippen molar-refractivity contribution in [2.24, 2.45) is 5.92 Å². The van der Waals surface area contributed by atoms with Crippen LogP contribution in [0.1, 0.15) is 25.8 Å². The van der Waals surface area contributed by atoms with E-state index in [-0.39, 0.29) is 5.56 Å². The minimum atomic E-state index is 0.102. The maximum Gasteiger partial charge on any atom is 0.255 e. The Morgan fingerprint density at radius 3 is 2.89 bits per heavy atom. The molecule has 4 heteroatoms. The highest BCUT2D eigenvalue weighted by molar-refractivity contribution is 5.10. The third kappa shape index (κ3) is 5.02. The first-order valence-corrected chi connectivity index (χ1v) is 6.53. The molecule has 18 heavy (non-hydrogen) atoms. The van der Waals surface area contributed by atoms with Gasteiger partial charge in [-0.2, -0.15) is 0 Å². The Labute approximate surface area is 109 Å². The summed E-state index contributed by atoms with van der Waals surface area (Å²) in [7, 11) is 1.68. The average Bonchev–Trinajstić information content (AvgIpc) is 2.33. The standard InChI is InChI=1S/C14H24N2O2/c1-12(2)10-15-11-13-6-4-7-16(14(13)17)8-5-9-18-3/h4,6-7,12,15H,5,8-11H2,1-3H3. The molecule has 0 aliphatic heterocycles. The molecule has 1 rings (SSSR count). The van der Waals surface area contributed by atoms with Gasteiger partial charge in [-0.15, -0.1) is 0 Å². The number of pyridine rings is 1. The van der Waals surface area contributed by atoms with Crippen molar-refractivity contribution in [2.45, 2.75) is 33.4 Å². The quantitative estimate of drug-likeness (QED) is 0.715. The SMILES string of the molecule is COCCCn1cccc(CNCC(C)C)c1=O. The summed E-state index contributed by atoms with van der Waals surface area (Å²) in [6.45, 7) is 7.27. The van der Waals surface area contributed by atoms with E-state index in [2.05, 4.69) is 19.2 Å². The Morgan fingerprint density at radius 2 is 2.22 bits per heavy atom. The van der Waals surface area contributed by atoms with Gasteiger partial charge in [-0.25, -0.2) is 0 Å². The molecule has 1 N–H and O–H groups in total. The molecule has 0 spiro atoms.